The first-order valence-corrected chi connectivity index (χ1v) is 4.03. The Labute approximate surface area is 105 Å². The van der Waals surface area contributed by atoms with Crippen molar-refractivity contribution < 1.29 is 48.3 Å². The van der Waals surface area contributed by atoms with Crippen LogP contribution in [0, 0.1) is 0 Å². The molecule has 0 nitrogen and oxygen atoms in total. The molecule has 0 aliphatic carbocycles. The SMILES string of the molecule is C=C.C=C(F)C(F)(F)C(F)(F)C(F)F.FC(F)=C(F)F. The number of rotatable bonds is 3. The van der Waals surface area contributed by atoms with Crippen molar-refractivity contribution in [1.82, 2.24) is 0 Å². The van der Waals surface area contributed by atoms with Gasteiger partial charge in [-0.25, -0.2) is 13.2 Å². The van der Waals surface area contributed by atoms with E-state index < -0.39 is 36.3 Å². The summed E-state index contributed by atoms with van der Waals surface area (Å²) in [5.74, 6) is -14.0. The summed E-state index contributed by atoms with van der Waals surface area (Å²) in [5.41, 5.74) is 0. The highest BCUT2D eigenvalue weighted by Gasteiger charge is 2.65. The Balaban J connectivity index is -0.000000304. The van der Waals surface area contributed by atoms with Crippen LogP contribution in [0.15, 0.2) is 37.7 Å². The van der Waals surface area contributed by atoms with Gasteiger partial charge < -0.3 is 0 Å². The van der Waals surface area contributed by atoms with Gasteiger partial charge in [-0.15, -0.1) is 13.2 Å². The summed E-state index contributed by atoms with van der Waals surface area (Å²) in [5, 5.41) is 0. The highest BCUT2D eigenvalue weighted by Crippen LogP contribution is 2.43. The van der Waals surface area contributed by atoms with E-state index in [2.05, 4.69) is 13.2 Å². The van der Waals surface area contributed by atoms with E-state index in [1.807, 2.05) is 6.58 Å². The van der Waals surface area contributed by atoms with Crippen LogP contribution in [0.3, 0.4) is 0 Å². The van der Waals surface area contributed by atoms with E-state index in [-0.39, 0.29) is 0 Å². The highest BCUT2D eigenvalue weighted by molar-refractivity contribution is 5.06. The third-order valence-electron chi connectivity index (χ3n) is 1.18. The predicted octanol–water partition coefficient (Wildman–Crippen LogP) is 5.80. The first-order valence-electron chi connectivity index (χ1n) is 4.03. The molecular formula is C9H7F11. The lowest BCUT2D eigenvalue weighted by Crippen LogP contribution is -2.46. The van der Waals surface area contributed by atoms with Gasteiger partial charge in [0.15, 0.2) is 5.83 Å². The summed E-state index contributed by atoms with van der Waals surface area (Å²) in [6, 6.07) is 0. The molecule has 0 heterocycles. The first-order chi connectivity index (χ1) is 8.78. The molecule has 0 saturated carbocycles. The zero-order chi connectivity index (χ0) is 17.3. The Hall–Kier alpha value is -1.55. The third kappa shape index (κ3) is 7.14. The number of alkyl halides is 6. The van der Waals surface area contributed by atoms with Gasteiger partial charge in [0.05, 0.1) is 0 Å². The van der Waals surface area contributed by atoms with Gasteiger partial charge in [0.2, 0.25) is 0 Å². The minimum absolute atomic E-state index is 1.85. The van der Waals surface area contributed by atoms with Crippen molar-refractivity contribution in [3.05, 3.63) is 37.7 Å². The highest BCUT2D eigenvalue weighted by atomic mass is 19.3. The maximum absolute atomic E-state index is 11.9. The molecule has 0 aromatic heterocycles. The summed E-state index contributed by atoms with van der Waals surface area (Å²) in [6.07, 6.45) is -10.5. The second kappa shape index (κ2) is 9.37. The molecule has 0 aliphatic heterocycles. The van der Waals surface area contributed by atoms with Crippen LogP contribution < -0.4 is 0 Å². The molecule has 0 atom stereocenters. The normalized spacial score (nSPS) is 10.8. The quantitative estimate of drug-likeness (QED) is 0.455. The molecule has 0 aromatic rings. The smallest absolute Gasteiger partial charge is 0.206 e. The van der Waals surface area contributed by atoms with Crippen molar-refractivity contribution in [2.75, 3.05) is 0 Å². The van der Waals surface area contributed by atoms with Crippen LogP contribution in [0.2, 0.25) is 0 Å². The van der Waals surface area contributed by atoms with Gasteiger partial charge in [-0.05, 0) is 0 Å². The summed E-state index contributed by atoms with van der Waals surface area (Å²) in [7, 11) is 0. The lowest BCUT2D eigenvalue weighted by molar-refractivity contribution is -0.252. The standard InChI is InChI=1S/C5H3F7.C2F4.C2H4/c1-2(6)4(9,10)5(11,12)3(7)8;3-1(4)2(5)6;1-2/h3H,1H2;;1-2H2. The Morgan fingerprint density at radius 2 is 1.00 bits per heavy atom. The summed E-state index contributed by atoms with van der Waals surface area (Å²) in [4.78, 5) is 0. The van der Waals surface area contributed by atoms with Crippen molar-refractivity contribution in [3.8, 4) is 0 Å². The van der Waals surface area contributed by atoms with Gasteiger partial charge in [-0.3, -0.25) is 0 Å². The second-order valence-corrected chi connectivity index (χ2v) is 2.42. The van der Waals surface area contributed by atoms with Crippen molar-refractivity contribution >= 4 is 0 Å². The number of hydrogen-bond acceptors (Lipinski definition) is 0. The molecule has 0 spiro atoms. The largest absolute Gasteiger partial charge is 0.375 e. The predicted molar refractivity (Wildman–Crippen MR) is 48.9 cm³/mol. The number of hydrogen-bond donors (Lipinski definition) is 0. The fourth-order valence-corrected chi connectivity index (χ4v) is 0.318. The van der Waals surface area contributed by atoms with Crippen molar-refractivity contribution in [3.63, 3.8) is 0 Å². The van der Waals surface area contributed by atoms with E-state index in [1.54, 1.807) is 0 Å². The van der Waals surface area contributed by atoms with Crippen LogP contribution in [0.5, 0.6) is 0 Å². The minimum Gasteiger partial charge on any atom is -0.206 e. The van der Waals surface area contributed by atoms with Gasteiger partial charge in [-0.1, -0.05) is 6.58 Å². The van der Waals surface area contributed by atoms with E-state index in [9.17, 15) is 48.3 Å². The van der Waals surface area contributed by atoms with E-state index in [0.29, 0.717) is 0 Å². The average molecular weight is 324 g/mol. The van der Waals surface area contributed by atoms with Crippen LogP contribution in [0.25, 0.3) is 0 Å². The Morgan fingerprint density at radius 3 is 1.05 bits per heavy atom. The topological polar surface area (TPSA) is 0 Å². The van der Waals surface area contributed by atoms with Crippen molar-refractivity contribution in [1.29, 1.82) is 0 Å². The van der Waals surface area contributed by atoms with Crippen LogP contribution in [-0.2, 0) is 0 Å². The lowest BCUT2D eigenvalue weighted by Gasteiger charge is -2.23. The molecule has 120 valence electrons. The molecule has 0 aliphatic rings. The Kier molecular flexibility index (Phi) is 11.0. The minimum atomic E-state index is -5.72. The van der Waals surface area contributed by atoms with Crippen LogP contribution in [0.1, 0.15) is 0 Å². The monoisotopic (exact) mass is 324 g/mol. The van der Waals surface area contributed by atoms with E-state index in [1.165, 1.54) is 0 Å². The van der Waals surface area contributed by atoms with Gasteiger partial charge in [-0.2, -0.15) is 35.1 Å². The zero-order valence-electron chi connectivity index (χ0n) is 9.36. The van der Waals surface area contributed by atoms with Gasteiger partial charge in [0.1, 0.15) is 0 Å². The molecule has 0 aromatic carbocycles. The molecule has 0 amide bonds. The van der Waals surface area contributed by atoms with Crippen LogP contribution >= 0.6 is 0 Å². The van der Waals surface area contributed by atoms with Gasteiger partial charge in [0.25, 0.3) is 0 Å². The second-order valence-electron chi connectivity index (χ2n) is 2.42. The van der Waals surface area contributed by atoms with Crippen LogP contribution in [-0.4, -0.2) is 18.3 Å². The molecule has 0 radical (unpaired) electrons. The third-order valence-corrected chi connectivity index (χ3v) is 1.18. The molecule has 0 bridgehead atoms. The van der Waals surface area contributed by atoms with Crippen molar-refractivity contribution in [2.24, 2.45) is 0 Å². The van der Waals surface area contributed by atoms with E-state index in [4.69, 9.17) is 0 Å². The first kappa shape index (κ1) is 23.5. The lowest BCUT2D eigenvalue weighted by atomic mass is 10.1. The Morgan fingerprint density at radius 1 is 0.750 bits per heavy atom. The summed E-state index contributed by atoms with van der Waals surface area (Å²) in [6.45, 7) is 7.85. The zero-order valence-corrected chi connectivity index (χ0v) is 9.36. The molecule has 20 heavy (non-hydrogen) atoms. The molecule has 0 N–H and O–H groups in total. The van der Waals surface area contributed by atoms with E-state index in [0.717, 1.165) is 0 Å². The summed E-state index contributed by atoms with van der Waals surface area (Å²) < 4.78 is 122. The summed E-state index contributed by atoms with van der Waals surface area (Å²) >= 11 is 0. The number of allylic oxidation sites excluding steroid dienone is 1. The van der Waals surface area contributed by atoms with Crippen molar-refractivity contribution in [2.45, 2.75) is 18.3 Å². The van der Waals surface area contributed by atoms with Crippen LogP contribution in [0.4, 0.5) is 48.3 Å². The molecule has 0 fully saturated rings. The Bertz CT molecular complexity index is 313. The molecule has 11 heteroatoms. The van der Waals surface area contributed by atoms with E-state index >= 15 is 0 Å². The molecule has 0 saturated heterocycles. The van der Waals surface area contributed by atoms with Gasteiger partial charge in [0, 0.05) is 0 Å². The fourth-order valence-electron chi connectivity index (χ4n) is 0.318. The fraction of sp³-hybridized carbons (Fsp3) is 0.333. The molecule has 0 unspecified atom stereocenters. The number of halogens is 11. The molecule has 0 rings (SSSR count). The maximum Gasteiger partial charge on any atom is 0.375 e. The molecular weight excluding hydrogens is 317 g/mol. The van der Waals surface area contributed by atoms with Gasteiger partial charge >= 0.3 is 30.4 Å². The maximum atomic E-state index is 11.9. The average Bonchev–Trinajstić information content (AvgIpc) is 2.31.